The lowest BCUT2D eigenvalue weighted by molar-refractivity contribution is 0.0954. The lowest BCUT2D eigenvalue weighted by atomic mass is 10.1. The molecule has 0 radical (unpaired) electrons. The Morgan fingerprint density at radius 3 is 2.44 bits per heavy atom. The number of carbonyl (C=O) groups excluding carboxylic acids is 1. The number of hydrogen-bond donors (Lipinski definition) is 3. The van der Waals surface area contributed by atoms with Gasteiger partial charge in [0.25, 0.3) is 5.91 Å². The molecule has 0 aliphatic carbocycles. The summed E-state index contributed by atoms with van der Waals surface area (Å²) in [5.41, 5.74) is 1.90. The first kappa shape index (κ1) is 25.9. The number of amides is 1. The number of nitrogens with one attached hydrogen (secondary N) is 3. The molecule has 1 unspecified atom stereocenters. The van der Waals surface area contributed by atoms with Crippen LogP contribution in [0.25, 0.3) is 0 Å². The Balaban J connectivity index is 0.00000363. The monoisotopic (exact) mass is 551 g/mol. The highest BCUT2D eigenvalue weighted by atomic mass is 127. The average molecular weight is 551 g/mol. The molecule has 1 saturated heterocycles. The molecule has 1 amide bonds. The van der Waals surface area contributed by atoms with Crippen molar-refractivity contribution < 1.29 is 9.53 Å². The smallest absolute Gasteiger partial charge is 0.251 e. The first-order valence-corrected chi connectivity index (χ1v) is 10.9. The zero-order valence-electron chi connectivity index (χ0n) is 18.8. The van der Waals surface area contributed by atoms with Gasteiger partial charge < -0.3 is 20.7 Å². The highest BCUT2D eigenvalue weighted by Gasteiger charge is 2.24. The molecular weight excluding hydrogens is 517 g/mol. The van der Waals surface area contributed by atoms with Gasteiger partial charge in [-0.3, -0.25) is 14.7 Å². The topological polar surface area (TPSA) is 78.0 Å². The molecule has 2 aromatic rings. The second kappa shape index (κ2) is 13.9. The Labute approximate surface area is 208 Å². The number of methoxy groups -OCH3 is 1. The summed E-state index contributed by atoms with van der Waals surface area (Å²) in [4.78, 5) is 19.0. The van der Waals surface area contributed by atoms with Crippen LogP contribution in [0.3, 0.4) is 0 Å². The van der Waals surface area contributed by atoms with Crippen molar-refractivity contribution in [3.63, 3.8) is 0 Å². The van der Waals surface area contributed by atoms with E-state index in [1.54, 1.807) is 26.3 Å². The Morgan fingerprint density at radius 2 is 1.75 bits per heavy atom. The highest BCUT2D eigenvalue weighted by molar-refractivity contribution is 14.0. The first-order valence-electron chi connectivity index (χ1n) is 10.9. The number of benzene rings is 2. The van der Waals surface area contributed by atoms with Crippen molar-refractivity contribution in [2.24, 2.45) is 4.99 Å². The van der Waals surface area contributed by atoms with E-state index in [-0.39, 0.29) is 35.9 Å². The maximum absolute atomic E-state index is 12.1. The largest absolute Gasteiger partial charge is 0.497 e. The number of rotatable bonds is 9. The lowest BCUT2D eigenvalue weighted by Gasteiger charge is -2.29. The summed E-state index contributed by atoms with van der Waals surface area (Å²) in [5.74, 6) is 1.52. The van der Waals surface area contributed by atoms with Gasteiger partial charge in [0, 0.05) is 32.2 Å². The van der Waals surface area contributed by atoms with Gasteiger partial charge in [-0.25, -0.2) is 0 Å². The summed E-state index contributed by atoms with van der Waals surface area (Å²) in [6, 6.07) is 17.8. The molecule has 1 heterocycles. The molecule has 0 bridgehead atoms. The van der Waals surface area contributed by atoms with Gasteiger partial charge in [0.15, 0.2) is 5.96 Å². The van der Waals surface area contributed by atoms with E-state index in [0.29, 0.717) is 18.7 Å². The van der Waals surface area contributed by atoms with E-state index in [9.17, 15) is 4.79 Å². The quantitative estimate of drug-likeness (QED) is 0.193. The van der Waals surface area contributed by atoms with Crippen LogP contribution in [0.4, 0.5) is 0 Å². The van der Waals surface area contributed by atoms with Gasteiger partial charge in [0.2, 0.25) is 0 Å². The fourth-order valence-corrected chi connectivity index (χ4v) is 3.82. The fourth-order valence-electron chi connectivity index (χ4n) is 3.82. The summed E-state index contributed by atoms with van der Waals surface area (Å²) < 4.78 is 5.42. The molecule has 1 fully saturated rings. The van der Waals surface area contributed by atoms with Crippen LogP contribution in [-0.4, -0.2) is 63.6 Å². The predicted molar refractivity (Wildman–Crippen MR) is 140 cm³/mol. The van der Waals surface area contributed by atoms with E-state index in [2.05, 4.69) is 38.0 Å². The molecule has 174 valence electrons. The number of carbonyl (C=O) groups is 1. The Kier molecular flexibility index (Phi) is 11.3. The number of halogens is 1. The number of guanidine groups is 1. The van der Waals surface area contributed by atoms with Crippen LogP contribution >= 0.6 is 24.0 Å². The SMILES string of the molecule is CN=C(NCCNC(=O)c1ccccc1)NCC(c1cccc(OC)c1)N1CCCC1.I. The van der Waals surface area contributed by atoms with E-state index >= 15 is 0 Å². The van der Waals surface area contributed by atoms with E-state index in [1.807, 2.05) is 30.3 Å². The Morgan fingerprint density at radius 1 is 1.03 bits per heavy atom. The molecule has 3 N–H and O–H groups in total. The van der Waals surface area contributed by atoms with E-state index in [4.69, 9.17) is 4.74 Å². The second-order valence-corrected chi connectivity index (χ2v) is 7.54. The van der Waals surface area contributed by atoms with Gasteiger partial charge in [-0.2, -0.15) is 0 Å². The number of ether oxygens (including phenoxy) is 1. The molecule has 0 aromatic heterocycles. The van der Waals surface area contributed by atoms with Crippen molar-refractivity contribution in [3.05, 3.63) is 65.7 Å². The third-order valence-corrected chi connectivity index (χ3v) is 5.49. The minimum Gasteiger partial charge on any atom is -0.497 e. The van der Waals surface area contributed by atoms with E-state index in [0.717, 1.165) is 31.3 Å². The zero-order valence-corrected chi connectivity index (χ0v) is 21.2. The minimum atomic E-state index is -0.0718. The molecule has 0 saturated carbocycles. The van der Waals surface area contributed by atoms with Crippen molar-refractivity contribution in [1.29, 1.82) is 0 Å². The van der Waals surface area contributed by atoms with Crippen LogP contribution in [0.15, 0.2) is 59.6 Å². The van der Waals surface area contributed by atoms with Crippen LogP contribution in [0, 0.1) is 0 Å². The maximum Gasteiger partial charge on any atom is 0.251 e. The molecule has 1 aliphatic heterocycles. The molecule has 1 aliphatic rings. The van der Waals surface area contributed by atoms with Gasteiger partial charge in [-0.1, -0.05) is 30.3 Å². The number of likely N-dealkylation sites (tertiary alicyclic amines) is 1. The number of aliphatic imine (C=N–C) groups is 1. The number of nitrogens with zero attached hydrogens (tertiary/aromatic N) is 2. The standard InChI is InChI=1S/C24H33N5O2.HI/c1-25-24(27-14-13-26-23(30)19-9-4-3-5-10-19)28-18-22(29-15-6-7-16-29)20-11-8-12-21(17-20)31-2;/h3-5,8-12,17,22H,6-7,13-16,18H2,1-2H3,(H,26,30)(H2,25,27,28);1H. The van der Waals surface area contributed by atoms with Crippen molar-refractivity contribution in [2.45, 2.75) is 18.9 Å². The zero-order chi connectivity index (χ0) is 21.9. The van der Waals surface area contributed by atoms with Gasteiger partial charge >= 0.3 is 0 Å². The molecule has 0 spiro atoms. The summed E-state index contributed by atoms with van der Waals surface area (Å²) in [6.45, 7) is 4.04. The third kappa shape index (κ3) is 7.67. The van der Waals surface area contributed by atoms with Crippen molar-refractivity contribution in [1.82, 2.24) is 20.9 Å². The van der Waals surface area contributed by atoms with E-state index < -0.39 is 0 Å². The average Bonchev–Trinajstić information content (AvgIpc) is 3.35. The fraction of sp³-hybridized carbons (Fsp3) is 0.417. The van der Waals surface area contributed by atoms with Crippen LogP contribution < -0.4 is 20.7 Å². The molecule has 3 rings (SSSR count). The van der Waals surface area contributed by atoms with Gasteiger partial charge in [-0.15, -0.1) is 24.0 Å². The lowest BCUT2D eigenvalue weighted by Crippen LogP contribution is -2.44. The summed E-state index contributed by atoms with van der Waals surface area (Å²) >= 11 is 0. The first-order chi connectivity index (χ1) is 15.2. The molecule has 2 aromatic carbocycles. The van der Waals surface area contributed by atoms with Crippen molar-refractivity contribution >= 4 is 35.8 Å². The van der Waals surface area contributed by atoms with Gasteiger partial charge in [0.1, 0.15) is 5.75 Å². The van der Waals surface area contributed by atoms with Crippen molar-refractivity contribution in [2.75, 3.05) is 46.9 Å². The Hall–Kier alpha value is -2.33. The normalized spacial score (nSPS) is 14.9. The summed E-state index contributed by atoms with van der Waals surface area (Å²) in [5, 5.41) is 9.64. The van der Waals surface area contributed by atoms with Crippen molar-refractivity contribution in [3.8, 4) is 5.75 Å². The highest BCUT2D eigenvalue weighted by Crippen LogP contribution is 2.27. The Bertz CT molecular complexity index is 856. The second-order valence-electron chi connectivity index (χ2n) is 7.54. The summed E-state index contributed by atoms with van der Waals surface area (Å²) in [6.07, 6.45) is 2.46. The predicted octanol–water partition coefficient (Wildman–Crippen LogP) is 3.05. The van der Waals surface area contributed by atoms with E-state index in [1.165, 1.54) is 18.4 Å². The third-order valence-electron chi connectivity index (χ3n) is 5.49. The molecule has 1 atom stereocenters. The van der Waals surface area contributed by atoms with Gasteiger partial charge in [-0.05, 0) is 55.8 Å². The molecule has 8 heteroatoms. The minimum absolute atomic E-state index is 0. The maximum atomic E-state index is 12.1. The summed E-state index contributed by atoms with van der Waals surface area (Å²) in [7, 11) is 3.46. The van der Waals surface area contributed by atoms with Crippen LogP contribution in [0.2, 0.25) is 0 Å². The van der Waals surface area contributed by atoms with Crippen LogP contribution in [0.5, 0.6) is 5.75 Å². The van der Waals surface area contributed by atoms with Crippen LogP contribution in [-0.2, 0) is 0 Å². The van der Waals surface area contributed by atoms with Crippen LogP contribution in [0.1, 0.15) is 34.8 Å². The molecule has 32 heavy (non-hydrogen) atoms. The number of hydrogen-bond acceptors (Lipinski definition) is 4. The molecule has 7 nitrogen and oxygen atoms in total. The van der Waals surface area contributed by atoms with Gasteiger partial charge in [0.05, 0.1) is 13.2 Å². The molecular formula is C24H34IN5O2.